The van der Waals surface area contributed by atoms with Crippen LogP contribution in [0, 0.1) is 5.82 Å². The number of rotatable bonds is 4. The van der Waals surface area contributed by atoms with Gasteiger partial charge in [-0.05, 0) is 31.4 Å². The molecule has 2 aliphatic heterocycles. The van der Waals surface area contributed by atoms with Crippen molar-refractivity contribution < 1.29 is 23.4 Å². The molecule has 1 spiro atoms. The molecule has 0 radical (unpaired) electrons. The summed E-state index contributed by atoms with van der Waals surface area (Å²) >= 11 is 0. The van der Waals surface area contributed by atoms with Crippen LogP contribution in [0.25, 0.3) is 0 Å². The van der Waals surface area contributed by atoms with Gasteiger partial charge in [-0.25, -0.2) is 4.39 Å². The number of nitrogens with zero attached hydrogens (tertiary/aromatic N) is 1. The fourth-order valence-corrected chi connectivity index (χ4v) is 3.42. The van der Waals surface area contributed by atoms with Crippen LogP contribution in [0.15, 0.2) is 24.3 Å². The Morgan fingerprint density at radius 3 is 2.96 bits per heavy atom. The van der Waals surface area contributed by atoms with E-state index >= 15 is 0 Å². The highest BCUT2D eigenvalue weighted by Gasteiger charge is 2.47. The van der Waals surface area contributed by atoms with Crippen LogP contribution in [-0.2, 0) is 14.3 Å². The lowest BCUT2D eigenvalue weighted by Gasteiger charge is -2.44. The summed E-state index contributed by atoms with van der Waals surface area (Å²) in [7, 11) is 1.65. The van der Waals surface area contributed by atoms with Gasteiger partial charge in [-0.2, -0.15) is 0 Å². The van der Waals surface area contributed by atoms with Gasteiger partial charge in [-0.1, -0.05) is 12.1 Å². The van der Waals surface area contributed by atoms with Gasteiger partial charge in [0.1, 0.15) is 6.10 Å². The van der Waals surface area contributed by atoms with E-state index in [9.17, 15) is 9.18 Å². The SMILES string of the molecule is CO[C@H]1CN(C(=O)COc2ccccc2F)CC[C@@]12CCCO2. The third kappa shape index (κ3) is 3.33. The van der Waals surface area contributed by atoms with Crippen molar-refractivity contribution in [3.8, 4) is 5.75 Å². The van der Waals surface area contributed by atoms with Crippen molar-refractivity contribution in [1.29, 1.82) is 0 Å². The fraction of sp³-hybridized carbons (Fsp3) is 0.588. The molecule has 126 valence electrons. The van der Waals surface area contributed by atoms with Gasteiger partial charge in [0.15, 0.2) is 18.2 Å². The monoisotopic (exact) mass is 323 g/mol. The molecule has 2 heterocycles. The number of hydrogen-bond donors (Lipinski definition) is 0. The predicted octanol–water partition coefficient (Wildman–Crippen LogP) is 2.00. The summed E-state index contributed by atoms with van der Waals surface area (Å²) in [4.78, 5) is 14.0. The molecule has 6 heteroatoms. The number of amides is 1. The van der Waals surface area contributed by atoms with Crippen LogP contribution < -0.4 is 4.74 Å². The molecule has 1 aromatic carbocycles. The molecule has 0 unspecified atom stereocenters. The number of piperidine rings is 1. The molecular formula is C17H22FNO4. The second-order valence-electron chi connectivity index (χ2n) is 6.05. The summed E-state index contributed by atoms with van der Waals surface area (Å²) in [6.07, 6.45) is 2.64. The van der Waals surface area contributed by atoms with E-state index in [0.29, 0.717) is 13.1 Å². The molecule has 0 aromatic heterocycles. The second kappa shape index (κ2) is 6.84. The number of benzene rings is 1. The normalized spacial score (nSPS) is 27.4. The number of carbonyl (C=O) groups is 1. The van der Waals surface area contributed by atoms with E-state index in [2.05, 4.69) is 0 Å². The lowest BCUT2D eigenvalue weighted by atomic mass is 9.86. The van der Waals surface area contributed by atoms with Gasteiger partial charge in [0.25, 0.3) is 5.91 Å². The molecular weight excluding hydrogens is 301 g/mol. The number of carbonyl (C=O) groups excluding carboxylic acids is 1. The first-order valence-electron chi connectivity index (χ1n) is 7.96. The molecule has 1 amide bonds. The molecule has 2 fully saturated rings. The Morgan fingerprint density at radius 2 is 2.26 bits per heavy atom. The molecule has 2 saturated heterocycles. The molecule has 2 aliphatic rings. The van der Waals surface area contributed by atoms with E-state index in [-0.39, 0.29) is 30.0 Å². The van der Waals surface area contributed by atoms with E-state index in [1.54, 1.807) is 24.1 Å². The molecule has 0 saturated carbocycles. The third-order valence-electron chi connectivity index (χ3n) is 4.74. The van der Waals surface area contributed by atoms with Gasteiger partial charge >= 0.3 is 0 Å². The largest absolute Gasteiger partial charge is 0.481 e. The average molecular weight is 323 g/mol. The number of para-hydroxylation sites is 1. The Kier molecular flexibility index (Phi) is 4.82. The number of methoxy groups -OCH3 is 1. The maximum Gasteiger partial charge on any atom is 0.260 e. The molecule has 5 nitrogen and oxygen atoms in total. The third-order valence-corrected chi connectivity index (χ3v) is 4.74. The van der Waals surface area contributed by atoms with Gasteiger partial charge in [0, 0.05) is 26.8 Å². The van der Waals surface area contributed by atoms with E-state index in [1.165, 1.54) is 12.1 Å². The molecule has 23 heavy (non-hydrogen) atoms. The summed E-state index contributed by atoms with van der Waals surface area (Å²) in [6, 6.07) is 6.08. The predicted molar refractivity (Wildman–Crippen MR) is 81.8 cm³/mol. The van der Waals surface area contributed by atoms with Crippen molar-refractivity contribution in [3.05, 3.63) is 30.1 Å². The summed E-state index contributed by atoms with van der Waals surface area (Å²) in [5, 5.41) is 0. The first-order chi connectivity index (χ1) is 11.1. The average Bonchev–Trinajstić information content (AvgIpc) is 3.03. The van der Waals surface area contributed by atoms with Gasteiger partial charge in [0.05, 0.1) is 5.60 Å². The minimum atomic E-state index is -0.466. The number of likely N-dealkylation sites (tertiary alicyclic amines) is 1. The fourth-order valence-electron chi connectivity index (χ4n) is 3.42. The Labute approximate surface area is 135 Å². The van der Waals surface area contributed by atoms with Crippen LogP contribution in [0.4, 0.5) is 4.39 Å². The maximum absolute atomic E-state index is 13.5. The Morgan fingerprint density at radius 1 is 1.43 bits per heavy atom. The first kappa shape index (κ1) is 16.2. The number of ether oxygens (including phenoxy) is 3. The summed E-state index contributed by atoms with van der Waals surface area (Å²) in [5.74, 6) is -0.535. The van der Waals surface area contributed by atoms with Crippen LogP contribution in [-0.4, -0.2) is 55.9 Å². The summed E-state index contributed by atoms with van der Waals surface area (Å²) in [5.41, 5.74) is -0.252. The summed E-state index contributed by atoms with van der Waals surface area (Å²) in [6.45, 7) is 1.67. The Balaban J connectivity index is 1.57. The number of halogens is 1. The second-order valence-corrected chi connectivity index (χ2v) is 6.05. The minimum absolute atomic E-state index is 0.0942. The topological polar surface area (TPSA) is 48.0 Å². The van der Waals surface area contributed by atoms with Crippen LogP contribution in [0.2, 0.25) is 0 Å². The Bertz CT molecular complexity index is 559. The summed E-state index contributed by atoms with van der Waals surface area (Å²) < 4.78 is 30.3. The van der Waals surface area contributed by atoms with E-state index < -0.39 is 5.82 Å². The highest BCUT2D eigenvalue weighted by molar-refractivity contribution is 5.78. The quantitative estimate of drug-likeness (QED) is 0.850. The first-order valence-corrected chi connectivity index (χ1v) is 7.96. The van der Waals surface area contributed by atoms with E-state index in [4.69, 9.17) is 14.2 Å². The lowest BCUT2D eigenvalue weighted by Crippen LogP contribution is -2.57. The minimum Gasteiger partial charge on any atom is -0.481 e. The van der Waals surface area contributed by atoms with E-state index in [0.717, 1.165) is 25.9 Å². The van der Waals surface area contributed by atoms with Crippen LogP contribution in [0.1, 0.15) is 19.3 Å². The standard InChI is InChI=1S/C17H22FNO4/c1-21-15-11-19(9-8-17(15)7-4-10-23-17)16(20)12-22-14-6-3-2-5-13(14)18/h2-3,5-6,15H,4,7-12H2,1H3/t15-,17-/m0/s1. The van der Waals surface area contributed by atoms with Crippen LogP contribution in [0.5, 0.6) is 5.75 Å². The smallest absolute Gasteiger partial charge is 0.260 e. The zero-order valence-corrected chi connectivity index (χ0v) is 13.3. The van der Waals surface area contributed by atoms with Crippen molar-refractivity contribution in [2.24, 2.45) is 0 Å². The van der Waals surface area contributed by atoms with Crippen LogP contribution >= 0.6 is 0 Å². The lowest BCUT2D eigenvalue weighted by molar-refractivity contribution is -0.159. The van der Waals surface area contributed by atoms with Gasteiger partial charge in [-0.3, -0.25) is 4.79 Å². The zero-order valence-electron chi connectivity index (χ0n) is 13.3. The van der Waals surface area contributed by atoms with Crippen LogP contribution in [0.3, 0.4) is 0 Å². The van der Waals surface area contributed by atoms with Crippen molar-refractivity contribution in [1.82, 2.24) is 4.90 Å². The molecule has 1 aromatic rings. The Hall–Kier alpha value is -1.66. The molecule has 0 aliphatic carbocycles. The molecule has 0 N–H and O–H groups in total. The van der Waals surface area contributed by atoms with Crippen molar-refractivity contribution in [2.45, 2.75) is 31.0 Å². The van der Waals surface area contributed by atoms with Gasteiger partial charge in [-0.15, -0.1) is 0 Å². The molecule has 2 atom stereocenters. The molecule has 0 bridgehead atoms. The van der Waals surface area contributed by atoms with Gasteiger partial charge < -0.3 is 19.1 Å². The van der Waals surface area contributed by atoms with Gasteiger partial charge in [0.2, 0.25) is 0 Å². The van der Waals surface area contributed by atoms with Crippen molar-refractivity contribution >= 4 is 5.91 Å². The van der Waals surface area contributed by atoms with Crippen molar-refractivity contribution in [3.63, 3.8) is 0 Å². The highest BCUT2D eigenvalue weighted by atomic mass is 19.1. The number of hydrogen-bond acceptors (Lipinski definition) is 4. The molecule has 3 rings (SSSR count). The maximum atomic E-state index is 13.5. The van der Waals surface area contributed by atoms with Crippen molar-refractivity contribution in [2.75, 3.05) is 33.4 Å². The highest BCUT2D eigenvalue weighted by Crippen LogP contribution is 2.37. The zero-order chi connectivity index (χ0) is 16.3. The van der Waals surface area contributed by atoms with E-state index in [1.807, 2.05) is 0 Å².